The van der Waals surface area contributed by atoms with E-state index in [1.807, 2.05) is 6.07 Å². The van der Waals surface area contributed by atoms with Crippen LogP contribution in [-0.2, 0) is 0 Å². The number of nitrogens with one attached hydrogen (secondary N) is 1. The van der Waals surface area contributed by atoms with Crippen LogP contribution in [0, 0.1) is 11.7 Å². The smallest absolute Gasteiger partial charge is 0.128 e. The van der Waals surface area contributed by atoms with Crippen LogP contribution in [0.5, 0.6) is 0 Å². The number of piperidine rings is 1. The third kappa shape index (κ3) is 2.88. The van der Waals surface area contributed by atoms with Crippen molar-refractivity contribution in [3.63, 3.8) is 0 Å². The van der Waals surface area contributed by atoms with Crippen molar-refractivity contribution in [2.24, 2.45) is 5.92 Å². The van der Waals surface area contributed by atoms with E-state index in [0.29, 0.717) is 16.9 Å². The van der Waals surface area contributed by atoms with E-state index in [0.717, 1.165) is 25.1 Å². The second-order valence-corrected chi connectivity index (χ2v) is 4.68. The van der Waals surface area contributed by atoms with Crippen LogP contribution < -0.4 is 5.32 Å². The summed E-state index contributed by atoms with van der Waals surface area (Å²) in [5.74, 6) is 0.638. The highest BCUT2D eigenvalue weighted by molar-refractivity contribution is 6.30. The molecule has 0 bridgehead atoms. The molecular formula is C12H16Cl2FN. The number of hydrogen-bond donors (Lipinski definition) is 1. The first kappa shape index (κ1) is 13.8. The molecule has 2 atom stereocenters. The van der Waals surface area contributed by atoms with Gasteiger partial charge in [0.15, 0.2) is 0 Å². The largest absolute Gasteiger partial charge is 0.316 e. The first-order valence-corrected chi connectivity index (χ1v) is 5.72. The molecule has 0 saturated carbocycles. The average molecular weight is 264 g/mol. The summed E-state index contributed by atoms with van der Waals surface area (Å²) in [6.07, 6.45) is 1.000. The molecule has 1 saturated heterocycles. The Kier molecular flexibility index (Phi) is 5.03. The number of rotatable bonds is 1. The average Bonchev–Trinajstić information content (AvgIpc) is 2.20. The molecule has 0 aromatic heterocycles. The summed E-state index contributed by atoms with van der Waals surface area (Å²) in [4.78, 5) is 0. The Morgan fingerprint density at radius 1 is 1.44 bits per heavy atom. The van der Waals surface area contributed by atoms with E-state index in [-0.39, 0.29) is 18.2 Å². The fourth-order valence-corrected chi connectivity index (χ4v) is 2.44. The molecule has 2 unspecified atom stereocenters. The SMILES string of the molecule is CC1CNCCC1c1ccc(Cl)cc1F.Cl. The minimum atomic E-state index is -0.166. The van der Waals surface area contributed by atoms with Gasteiger partial charge >= 0.3 is 0 Å². The van der Waals surface area contributed by atoms with Gasteiger partial charge in [-0.1, -0.05) is 24.6 Å². The van der Waals surface area contributed by atoms with Crippen LogP contribution in [0.3, 0.4) is 0 Å². The highest BCUT2D eigenvalue weighted by Crippen LogP contribution is 2.32. The predicted octanol–water partition coefficient (Wildman–Crippen LogP) is 3.61. The molecule has 1 aliphatic rings. The van der Waals surface area contributed by atoms with Gasteiger partial charge in [-0.15, -0.1) is 12.4 Å². The zero-order valence-corrected chi connectivity index (χ0v) is 10.7. The zero-order valence-electron chi connectivity index (χ0n) is 9.17. The van der Waals surface area contributed by atoms with Crippen LogP contribution >= 0.6 is 24.0 Å². The Labute approximate surface area is 107 Å². The molecule has 1 nitrogen and oxygen atoms in total. The summed E-state index contributed by atoms with van der Waals surface area (Å²) in [7, 11) is 0. The molecule has 16 heavy (non-hydrogen) atoms. The maximum atomic E-state index is 13.7. The van der Waals surface area contributed by atoms with Gasteiger partial charge < -0.3 is 5.32 Å². The van der Waals surface area contributed by atoms with Gasteiger partial charge in [0, 0.05) is 5.02 Å². The first-order valence-electron chi connectivity index (χ1n) is 5.34. The van der Waals surface area contributed by atoms with Gasteiger partial charge in [-0.3, -0.25) is 0 Å². The summed E-state index contributed by atoms with van der Waals surface area (Å²) in [5.41, 5.74) is 0.813. The highest BCUT2D eigenvalue weighted by Gasteiger charge is 2.24. The van der Waals surface area contributed by atoms with Gasteiger partial charge in [-0.2, -0.15) is 0 Å². The van der Waals surface area contributed by atoms with E-state index in [1.54, 1.807) is 6.07 Å². The van der Waals surface area contributed by atoms with Crippen molar-refractivity contribution < 1.29 is 4.39 Å². The lowest BCUT2D eigenvalue weighted by Gasteiger charge is -2.30. The highest BCUT2D eigenvalue weighted by atomic mass is 35.5. The maximum Gasteiger partial charge on any atom is 0.128 e. The first-order chi connectivity index (χ1) is 7.18. The lowest BCUT2D eigenvalue weighted by atomic mass is 9.82. The fourth-order valence-electron chi connectivity index (χ4n) is 2.28. The molecule has 1 heterocycles. The molecule has 4 heteroatoms. The predicted molar refractivity (Wildman–Crippen MR) is 68.0 cm³/mol. The molecule has 0 amide bonds. The van der Waals surface area contributed by atoms with Gasteiger partial charge in [-0.25, -0.2) is 4.39 Å². The summed E-state index contributed by atoms with van der Waals surface area (Å²) in [6, 6.07) is 5.00. The monoisotopic (exact) mass is 263 g/mol. The summed E-state index contributed by atoms with van der Waals surface area (Å²) < 4.78 is 13.7. The van der Waals surface area contributed by atoms with Crippen LogP contribution in [0.15, 0.2) is 18.2 Å². The van der Waals surface area contributed by atoms with Crippen molar-refractivity contribution in [2.45, 2.75) is 19.3 Å². The summed E-state index contributed by atoms with van der Waals surface area (Å²) in [6.45, 7) is 4.09. The normalized spacial score (nSPS) is 24.9. The minimum absolute atomic E-state index is 0. The number of benzene rings is 1. The van der Waals surface area contributed by atoms with E-state index in [2.05, 4.69) is 12.2 Å². The standard InChI is InChI=1S/C12H15ClFN.ClH/c1-8-7-15-5-4-10(8)11-3-2-9(13)6-12(11)14;/h2-3,6,8,10,15H,4-5,7H2,1H3;1H. The molecule has 2 rings (SSSR count). The molecule has 1 aliphatic heterocycles. The van der Waals surface area contributed by atoms with Gasteiger partial charge in [0.05, 0.1) is 0 Å². The second-order valence-electron chi connectivity index (χ2n) is 4.24. The van der Waals surface area contributed by atoms with Crippen LogP contribution in [0.1, 0.15) is 24.8 Å². The van der Waals surface area contributed by atoms with Crippen LogP contribution in [-0.4, -0.2) is 13.1 Å². The molecule has 90 valence electrons. The Hall–Kier alpha value is -0.310. The summed E-state index contributed by atoms with van der Waals surface area (Å²) >= 11 is 5.74. The lowest BCUT2D eigenvalue weighted by Crippen LogP contribution is -2.34. The van der Waals surface area contributed by atoms with E-state index in [4.69, 9.17) is 11.6 Å². The maximum absolute atomic E-state index is 13.7. The van der Waals surface area contributed by atoms with Crippen molar-refractivity contribution in [3.05, 3.63) is 34.6 Å². The van der Waals surface area contributed by atoms with Gasteiger partial charge in [-0.05, 0) is 49.0 Å². The van der Waals surface area contributed by atoms with Crippen molar-refractivity contribution in [1.29, 1.82) is 0 Å². The quantitative estimate of drug-likeness (QED) is 0.817. The molecule has 1 fully saturated rings. The van der Waals surface area contributed by atoms with Crippen molar-refractivity contribution >= 4 is 24.0 Å². The zero-order chi connectivity index (χ0) is 10.8. The van der Waals surface area contributed by atoms with E-state index in [9.17, 15) is 4.39 Å². The van der Waals surface area contributed by atoms with Gasteiger partial charge in [0.1, 0.15) is 5.82 Å². The van der Waals surface area contributed by atoms with Crippen LogP contribution in [0.2, 0.25) is 5.02 Å². The molecule has 0 spiro atoms. The Balaban J connectivity index is 0.00000128. The molecule has 1 aromatic carbocycles. The van der Waals surface area contributed by atoms with E-state index in [1.165, 1.54) is 6.07 Å². The van der Waals surface area contributed by atoms with Crippen molar-refractivity contribution in [1.82, 2.24) is 5.32 Å². The molecular weight excluding hydrogens is 248 g/mol. The third-order valence-electron chi connectivity index (χ3n) is 3.15. The fraction of sp³-hybridized carbons (Fsp3) is 0.500. The van der Waals surface area contributed by atoms with E-state index >= 15 is 0 Å². The topological polar surface area (TPSA) is 12.0 Å². The lowest BCUT2D eigenvalue weighted by molar-refractivity contribution is 0.341. The van der Waals surface area contributed by atoms with Crippen LogP contribution in [0.25, 0.3) is 0 Å². The van der Waals surface area contributed by atoms with Gasteiger partial charge in [0.25, 0.3) is 0 Å². The number of hydrogen-bond acceptors (Lipinski definition) is 1. The molecule has 1 N–H and O–H groups in total. The Morgan fingerprint density at radius 2 is 2.19 bits per heavy atom. The Morgan fingerprint density at radius 3 is 2.81 bits per heavy atom. The van der Waals surface area contributed by atoms with E-state index < -0.39 is 0 Å². The summed E-state index contributed by atoms with van der Waals surface area (Å²) in [5, 5.41) is 3.79. The molecule has 0 radical (unpaired) electrons. The van der Waals surface area contributed by atoms with Crippen molar-refractivity contribution in [3.8, 4) is 0 Å². The Bertz CT molecular complexity index is 357. The minimum Gasteiger partial charge on any atom is -0.316 e. The molecule has 1 aromatic rings. The van der Waals surface area contributed by atoms with Crippen molar-refractivity contribution in [2.75, 3.05) is 13.1 Å². The van der Waals surface area contributed by atoms with Gasteiger partial charge in [0.2, 0.25) is 0 Å². The second kappa shape index (κ2) is 5.85. The van der Waals surface area contributed by atoms with Crippen LogP contribution in [0.4, 0.5) is 4.39 Å². The molecule has 0 aliphatic carbocycles. The number of halogens is 3. The third-order valence-corrected chi connectivity index (χ3v) is 3.38.